The van der Waals surface area contributed by atoms with Gasteiger partial charge in [-0.15, -0.1) is 0 Å². The third-order valence-electron chi connectivity index (χ3n) is 3.59. The van der Waals surface area contributed by atoms with Crippen molar-refractivity contribution >= 4 is 5.91 Å². The Bertz CT molecular complexity index is 451. The van der Waals surface area contributed by atoms with Gasteiger partial charge in [-0.05, 0) is 43.5 Å². The molecule has 20 heavy (non-hydrogen) atoms. The topological polar surface area (TPSA) is 49.8 Å². The first-order chi connectivity index (χ1) is 9.76. The summed E-state index contributed by atoms with van der Waals surface area (Å²) in [4.78, 5) is 14.2. The SMILES string of the molecule is C=CCOc1ccc(C(=O)N(CCO)C2CCC2)cc1. The summed E-state index contributed by atoms with van der Waals surface area (Å²) in [5, 5.41) is 9.12. The van der Waals surface area contributed by atoms with E-state index in [4.69, 9.17) is 9.84 Å². The fourth-order valence-corrected chi connectivity index (χ4v) is 2.27. The Balaban J connectivity index is 2.04. The van der Waals surface area contributed by atoms with Crippen LogP contribution in [0.2, 0.25) is 0 Å². The van der Waals surface area contributed by atoms with E-state index >= 15 is 0 Å². The highest BCUT2D eigenvalue weighted by molar-refractivity contribution is 5.94. The zero-order chi connectivity index (χ0) is 14.4. The number of nitrogens with zero attached hydrogens (tertiary/aromatic N) is 1. The molecule has 0 radical (unpaired) electrons. The molecule has 4 nitrogen and oxygen atoms in total. The summed E-state index contributed by atoms with van der Waals surface area (Å²) in [5.41, 5.74) is 0.635. The molecule has 1 N–H and O–H groups in total. The molecule has 1 aromatic carbocycles. The van der Waals surface area contributed by atoms with Crippen molar-refractivity contribution < 1.29 is 14.6 Å². The third-order valence-corrected chi connectivity index (χ3v) is 3.59. The number of hydrogen-bond acceptors (Lipinski definition) is 3. The van der Waals surface area contributed by atoms with E-state index in [9.17, 15) is 4.79 Å². The molecule has 0 bridgehead atoms. The summed E-state index contributed by atoms with van der Waals surface area (Å²) < 4.78 is 5.39. The lowest BCUT2D eigenvalue weighted by molar-refractivity contribution is 0.0526. The van der Waals surface area contributed by atoms with E-state index < -0.39 is 0 Å². The minimum Gasteiger partial charge on any atom is -0.490 e. The fraction of sp³-hybridized carbons (Fsp3) is 0.438. The molecule has 108 valence electrons. The number of rotatable bonds is 7. The first-order valence-corrected chi connectivity index (χ1v) is 7.02. The van der Waals surface area contributed by atoms with Crippen LogP contribution in [0.15, 0.2) is 36.9 Å². The van der Waals surface area contributed by atoms with Gasteiger partial charge in [0.15, 0.2) is 0 Å². The standard InChI is InChI=1S/C16H21NO3/c1-2-12-20-15-8-6-13(7-9-15)16(19)17(10-11-18)14-4-3-5-14/h2,6-9,14,18H,1,3-5,10-12H2. The zero-order valence-electron chi connectivity index (χ0n) is 11.6. The summed E-state index contributed by atoms with van der Waals surface area (Å²) in [7, 11) is 0. The van der Waals surface area contributed by atoms with E-state index in [1.54, 1.807) is 35.2 Å². The largest absolute Gasteiger partial charge is 0.490 e. The van der Waals surface area contributed by atoms with Crippen molar-refractivity contribution in [3.8, 4) is 5.75 Å². The maximum absolute atomic E-state index is 12.5. The van der Waals surface area contributed by atoms with Crippen molar-refractivity contribution in [2.24, 2.45) is 0 Å². The lowest BCUT2D eigenvalue weighted by Crippen LogP contribution is -2.45. The van der Waals surface area contributed by atoms with Crippen LogP contribution in [0.5, 0.6) is 5.75 Å². The molecule has 2 rings (SSSR count). The number of benzene rings is 1. The quantitative estimate of drug-likeness (QED) is 0.776. The number of amides is 1. The van der Waals surface area contributed by atoms with Crippen molar-refractivity contribution in [2.45, 2.75) is 25.3 Å². The molecular formula is C16H21NO3. The molecular weight excluding hydrogens is 254 g/mol. The molecule has 1 amide bonds. The molecule has 1 aliphatic carbocycles. The van der Waals surface area contributed by atoms with Crippen molar-refractivity contribution in [1.29, 1.82) is 0 Å². The van der Waals surface area contributed by atoms with Crippen LogP contribution >= 0.6 is 0 Å². The number of aliphatic hydroxyl groups excluding tert-OH is 1. The second-order valence-electron chi connectivity index (χ2n) is 4.93. The van der Waals surface area contributed by atoms with Crippen LogP contribution in [0.1, 0.15) is 29.6 Å². The molecule has 0 saturated heterocycles. The fourth-order valence-electron chi connectivity index (χ4n) is 2.27. The van der Waals surface area contributed by atoms with E-state index in [0.29, 0.717) is 18.7 Å². The smallest absolute Gasteiger partial charge is 0.254 e. The first-order valence-electron chi connectivity index (χ1n) is 7.02. The Kier molecular flexibility index (Phi) is 5.18. The van der Waals surface area contributed by atoms with Gasteiger partial charge in [0, 0.05) is 18.2 Å². The monoisotopic (exact) mass is 275 g/mol. The maximum Gasteiger partial charge on any atom is 0.254 e. The van der Waals surface area contributed by atoms with E-state index in [0.717, 1.165) is 25.0 Å². The average molecular weight is 275 g/mol. The van der Waals surface area contributed by atoms with Gasteiger partial charge < -0.3 is 14.7 Å². The van der Waals surface area contributed by atoms with E-state index in [1.165, 1.54) is 0 Å². The third kappa shape index (κ3) is 3.39. The zero-order valence-corrected chi connectivity index (χ0v) is 11.6. The normalized spacial score (nSPS) is 14.4. The van der Waals surface area contributed by atoms with Crippen LogP contribution in [0.4, 0.5) is 0 Å². The number of aliphatic hydroxyl groups is 1. The summed E-state index contributed by atoms with van der Waals surface area (Å²) in [5.74, 6) is 0.706. The Morgan fingerprint density at radius 3 is 2.60 bits per heavy atom. The maximum atomic E-state index is 12.5. The molecule has 0 unspecified atom stereocenters. The molecule has 0 heterocycles. The van der Waals surface area contributed by atoms with Crippen LogP contribution in [0.25, 0.3) is 0 Å². The van der Waals surface area contributed by atoms with Crippen molar-refractivity contribution in [3.05, 3.63) is 42.5 Å². The van der Waals surface area contributed by atoms with Crippen LogP contribution in [0, 0.1) is 0 Å². The first kappa shape index (κ1) is 14.6. The van der Waals surface area contributed by atoms with Crippen LogP contribution < -0.4 is 4.74 Å². The van der Waals surface area contributed by atoms with Crippen molar-refractivity contribution in [2.75, 3.05) is 19.8 Å². The molecule has 0 atom stereocenters. The Morgan fingerprint density at radius 2 is 2.10 bits per heavy atom. The Labute approximate surface area is 119 Å². The predicted molar refractivity (Wildman–Crippen MR) is 77.9 cm³/mol. The average Bonchev–Trinajstić information content (AvgIpc) is 2.42. The highest BCUT2D eigenvalue weighted by Crippen LogP contribution is 2.26. The van der Waals surface area contributed by atoms with Gasteiger partial charge in [-0.2, -0.15) is 0 Å². The van der Waals surface area contributed by atoms with E-state index in [2.05, 4.69) is 6.58 Å². The van der Waals surface area contributed by atoms with Crippen LogP contribution in [0.3, 0.4) is 0 Å². The van der Waals surface area contributed by atoms with Gasteiger partial charge in [0.05, 0.1) is 6.61 Å². The predicted octanol–water partition coefficient (Wildman–Crippen LogP) is 2.24. The molecule has 1 fully saturated rings. The summed E-state index contributed by atoms with van der Waals surface area (Å²) in [6, 6.07) is 7.39. The van der Waals surface area contributed by atoms with Gasteiger partial charge in [-0.1, -0.05) is 12.7 Å². The van der Waals surface area contributed by atoms with E-state index in [1.807, 2.05) is 0 Å². The number of ether oxygens (including phenoxy) is 1. The summed E-state index contributed by atoms with van der Waals surface area (Å²) in [6.45, 7) is 4.45. The van der Waals surface area contributed by atoms with Gasteiger partial charge in [-0.3, -0.25) is 4.79 Å². The molecule has 4 heteroatoms. The minimum atomic E-state index is -0.0148. The van der Waals surface area contributed by atoms with E-state index in [-0.39, 0.29) is 18.6 Å². The summed E-state index contributed by atoms with van der Waals surface area (Å²) in [6.07, 6.45) is 4.91. The minimum absolute atomic E-state index is 0.00275. The second kappa shape index (κ2) is 7.10. The van der Waals surface area contributed by atoms with Crippen LogP contribution in [-0.4, -0.2) is 41.7 Å². The van der Waals surface area contributed by atoms with Gasteiger partial charge in [0.25, 0.3) is 5.91 Å². The number of carbonyl (C=O) groups excluding carboxylic acids is 1. The van der Waals surface area contributed by atoms with Gasteiger partial charge in [-0.25, -0.2) is 0 Å². The van der Waals surface area contributed by atoms with Gasteiger partial charge >= 0.3 is 0 Å². The molecule has 1 aliphatic rings. The Morgan fingerprint density at radius 1 is 1.40 bits per heavy atom. The van der Waals surface area contributed by atoms with Crippen molar-refractivity contribution in [1.82, 2.24) is 4.90 Å². The number of hydrogen-bond donors (Lipinski definition) is 1. The molecule has 1 saturated carbocycles. The highest BCUT2D eigenvalue weighted by Gasteiger charge is 2.28. The summed E-state index contributed by atoms with van der Waals surface area (Å²) >= 11 is 0. The molecule has 0 aromatic heterocycles. The lowest BCUT2D eigenvalue weighted by Gasteiger charge is -2.37. The molecule has 0 spiro atoms. The molecule has 0 aliphatic heterocycles. The van der Waals surface area contributed by atoms with Gasteiger partial charge in [0.2, 0.25) is 0 Å². The van der Waals surface area contributed by atoms with Gasteiger partial charge in [0.1, 0.15) is 12.4 Å². The highest BCUT2D eigenvalue weighted by atomic mass is 16.5. The second-order valence-corrected chi connectivity index (χ2v) is 4.93. The number of carbonyl (C=O) groups is 1. The van der Waals surface area contributed by atoms with Crippen molar-refractivity contribution in [3.63, 3.8) is 0 Å². The molecule has 1 aromatic rings. The Hall–Kier alpha value is -1.81. The van der Waals surface area contributed by atoms with Crippen LogP contribution in [-0.2, 0) is 0 Å². The lowest BCUT2D eigenvalue weighted by atomic mass is 9.91.